The second-order valence-corrected chi connectivity index (χ2v) is 4.70. The Morgan fingerprint density at radius 2 is 2.41 bits per heavy atom. The lowest BCUT2D eigenvalue weighted by Crippen LogP contribution is -2.32. The van der Waals surface area contributed by atoms with E-state index in [0.717, 1.165) is 19.3 Å². The summed E-state index contributed by atoms with van der Waals surface area (Å²) in [4.78, 5) is 14.7. The first-order valence-corrected chi connectivity index (χ1v) is 6.66. The minimum atomic E-state index is -0.994. The number of nitrogens with zero attached hydrogens (tertiary/aromatic N) is 2. The number of unbranched alkanes of at least 4 members (excludes halogenated alkanes) is 1. The molecule has 0 aliphatic carbocycles. The Hall–Kier alpha value is -1.08. The zero-order valence-corrected chi connectivity index (χ0v) is 10.6. The Morgan fingerprint density at radius 1 is 1.65 bits per heavy atom. The van der Waals surface area contributed by atoms with Crippen LogP contribution in [0.25, 0.3) is 0 Å². The Kier molecular flexibility index (Phi) is 5.99. The van der Waals surface area contributed by atoms with Crippen molar-refractivity contribution >= 4 is 17.7 Å². The number of aromatic nitrogens is 2. The highest BCUT2D eigenvalue weighted by Crippen LogP contribution is 2.12. The molecule has 0 aromatic carbocycles. The van der Waals surface area contributed by atoms with E-state index in [4.69, 9.17) is 15.4 Å². The number of hydrogen-bond donors (Lipinski definition) is 2. The van der Waals surface area contributed by atoms with Gasteiger partial charge in [0.15, 0.2) is 5.82 Å². The molecule has 0 saturated heterocycles. The van der Waals surface area contributed by atoms with Crippen molar-refractivity contribution in [3.63, 3.8) is 0 Å². The number of aliphatic carboxylic acids is 1. The molecule has 0 bridgehead atoms. The number of thioether (sulfide) groups is 1. The van der Waals surface area contributed by atoms with Gasteiger partial charge in [0.05, 0.1) is 5.75 Å². The second-order valence-electron chi connectivity index (χ2n) is 3.67. The van der Waals surface area contributed by atoms with E-state index in [1.165, 1.54) is 11.8 Å². The van der Waals surface area contributed by atoms with E-state index < -0.39 is 12.0 Å². The molecule has 3 N–H and O–H groups in total. The smallest absolute Gasteiger partial charge is 0.321 e. The molecule has 96 valence electrons. The van der Waals surface area contributed by atoms with Gasteiger partial charge in [-0.3, -0.25) is 4.79 Å². The van der Waals surface area contributed by atoms with E-state index in [0.29, 0.717) is 23.2 Å². The van der Waals surface area contributed by atoms with Crippen LogP contribution >= 0.6 is 11.8 Å². The molecule has 7 heteroatoms. The van der Waals surface area contributed by atoms with Crippen LogP contribution in [0.4, 0.5) is 0 Å². The van der Waals surface area contributed by atoms with Gasteiger partial charge >= 0.3 is 5.97 Å². The van der Waals surface area contributed by atoms with Crippen LogP contribution in [0.2, 0.25) is 0 Å². The molecule has 1 aromatic rings. The first kappa shape index (κ1) is 14.0. The summed E-state index contributed by atoms with van der Waals surface area (Å²) in [5.74, 6) is 1.08. The molecular weight excluding hydrogens is 242 g/mol. The van der Waals surface area contributed by atoms with Gasteiger partial charge in [-0.25, -0.2) is 0 Å². The molecule has 0 aliphatic heterocycles. The largest absolute Gasteiger partial charge is 0.480 e. The summed E-state index contributed by atoms with van der Waals surface area (Å²) in [5, 5.41) is 12.4. The predicted octanol–water partition coefficient (Wildman–Crippen LogP) is 1.06. The fourth-order valence-electron chi connectivity index (χ4n) is 1.13. The molecule has 0 saturated carbocycles. The SMILES string of the molecule is CCCCc1noc(CSCC(N)C(=O)O)n1. The average molecular weight is 259 g/mol. The Morgan fingerprint density at radius 3 is 3.06 bits per heavy atom. The summed E-state index contributed by atoms with van der Waals surface area (Å²) in [6.45, 7) is 2.10. The van der Waals surface area contributed by atoms with Crippen LogP contribution in [0.15, 0.2) is 4.52 Å². The van der Waals surface area contributed by atoms with Crippen molar-refractivity contribution in [2.75, 3.05) is 5.75 Å². The zero-order valence-electron chi connectivity index (χ0n) is 9.76. The third-order valence-electron chi connectivity index (χ3n) is 2.10. The minimum absolute atomic E-state index is 0.335. The molecule has 0 radical (unpaired) electrons. The monoisotopic (exact) mass is 259 g/mol. The Labute approximate surface area is 104 Å². The van der Waals surface area contributed by atoms with Gasteiger partial charge in [-0.15, -0.1) is 11.8 Å². The lowest BCUT2D eigenvalue weighted by atomic mass is 10.2. The molecule has 0 fully saturated rings. The van der Waals surface area contributed by atoms with E-state index in [1.807, 2.05) is 0 Å². The summed E-state index contributed by atoms with van der Waals surface area (Å²) in [5.41, 5.74) is 5.36. The van der Waals surface area contributed by atoms with Crippen molar-refractivity contribution in [3.05, 3.63) is 11.7 Å². The van der Waals surface area contributed by atoms with Crippen molar-refractivity contribution < 1.29 is 14.4 Å². The van der Waals surface area contributed by atoms with E-state index >= 15 is 0 Å². The van der Waals surface area contributed by atoms with Gasteiger partial charge < -0.3 is 15.4 Å². The van der Waals surface area contributed by atoms with Crippen LogP contribution in [0, 0.1) is 0 Å². The average Bonchev–Trinajstić information content (AvgIpc) is 2.74. The molecule has 0 amide bonds. The van der Waals surface area contributed by atoms with E-state index in [2.05, 4.69) is 17.1 Å². The first-order chi connectivity index (χ1) is 8.13. The Bertz CT molecular complexity index is 356. The van der Waals surface area contributed by atoms with Crippen LogP contribution in [0.5, 0.6) is 0 Å². The van der Waals surface area contributed by atoms with Crippen molar-refractivity contribution in [1.82, 2.24) is 10.1 Å². The van der Waals surface area contributed by atoms with Gasteiger partial charge in [0.1, 0.15) is 6.04 Å². The number of nitrogens with two attached hydrogens (primary N) is 1. The summed E-state index contributed by atoms with van der Waals surface area (Å²) < 4.78 is 5.03. The van der Waals surface area contributed by atoms with E-state index in [-0.39, 0.29) is 0 Å². The van der Waals surface area contributed by atoms with Gasteiger partial charge in [0.25, 0.3) is 0 Å². The van der Waals surface area contributed by atoms with Gasteiger partial charge in [-0.05, 0) is 6.42 Å². The number of carboxylic acids is 1. The highest BCUT2D eigenvalue weighted by molar-refractivity contribution is 7.98. The van der Waals surface area contributed by atoms with Crippen LogP contribution in [-0.4, -0.2) is 33.0 Å². The summed E-state index contributed by atoms with van der Waals surface area (Å²) in [7, 11) is 0. The number of aryl methyl sites for hydroxylation is 1. The summed E-state index contributed by atoms with van der Waals surface area (Å²) >= 11 is 1.38. The van der Waals surface area contributed by atoms with Gasteiger partial charge in [0, 0.05) is 12.2 Å². The molecule has 6 nitrogen and oxygen atoms in total. The van der Waals surface area contributed by atoms with E-state index in [1.54, 1.807) is 0 Å². The van der Waals surface area contributed by atoms with Gasteiger partial charge in [0.2, 0.25) is 5.89 Å². The molecule has 0 aliphatic rings. The molecule has 1 heterocycles. The normalized spacial score (nSPS) is 12.6. The molecule has 1 unspecified atom stereocenters. The van der Waals surface area contributed by atoms with Gasteiger partial charge in [-0.2, -0.15) is 4.98 Å². The van der Waals surface area contributed by atoms with Crippen LogP contribution in [0.3, 0.4) is 0 Å². The highest BCUT2D eigenvalue weighted by atomic mass is 32.2. The molecule has 1 rings (SSSR count). The van der Waals surface area contributed by atoms with Crippen molar-refractivity contribution in [2.45, 2.75) is 38.0 Å². The van der Waals surface area contributed by atoms with Crippen LogP contribution < -0.4 is 5.73 Å². The zero-order chi connectivity index (χ0) is 12.7. The van der Waals surface area contributed by atoms with Crippen molar-refractivity contribution in [2.24, 2.45) is 5.73 Å². The van der Waals surface area contributed by atoms with E-state index in [9.17, 15) is 4.79 Å². The molecule has 1 atom stereocenters. The third kappa shape index (κ3) is 5.18. The number of carboxylic acid groups (broad SMARTS) is 1. The number of carbonyl (C=O) groups is 1. The predicted molar refractivity (Wildman–Crippen MR) is 64.7 cm³/mol. The van der Waals surface area contributed by atoms with Crippen LogP contribution in [-0.2, 0) is 17.0 Å². The molecular formula is C10H17N3O3S. The van der Waals surface area contributed by atoms with Crippen molar-refractivity contribution in [3.8, 4) is 0 Å². The Balaban J connectivity index is 2.27. The van der Waals surface area contributed by atoms with Gasteiger partial charge in [-0.1, -0.05) is 18.5 Å². The third-order valence-corrected chi connectivity index (χ3v) is 3.15. The summed E-state index contributed by atoms with van der Waals surface area (Å²) in [6, 6.07) is -0.845. The first-order valence-electron chi connectivity index (χ1n) is 5.51. The fourth-order valence-corrected chi connectivity index (χ4v) is 1.94. The quantitative estimate of drug-likeness (QED) is 0.719. The fraction of sp³-hybridized carbons (Fsp3) is 0.700. The van der Waals surface area contributed by atoms with Crippen molar-refractivity contribution in [1.29, 1.82) is 0 Å². The standard InChI is InChI=1S/C10H17N3O3S/c1-2-3-4-8-12-9(16-13-8)6-17-5-7(11)10(14)15/h7H,2-6,11H2,1H3,(H,14,15). The lowest BCUT2D eigenvalue weighted by Gasteiger charge is -2.03. The molecule has 0 spiro atoms. The molecule has 1 aromatic heterocycles. The number of rotatable bonds is 8. The second kappa shape index (κ2) is 7.29. The highest BCUT2D eigenvalue weighted by Gasteiger charge is 2.12. The lowest BCUT2D eigenvalue weighted by molar-refractivity contribution is -0.137. The maximum atomic E-state index is 10.5. The minimum Gasteiger partial charge on any atom is -0.480 e. The van der Waals surface area contributed by atoms with Crippen LogP contribution in [0.1, 0.15) is 31.5 Å². The number of hydrogen-bond acceptors (Lipinski definition) is 6. The maximum Gasteiger partial charge on any atom is 0.321 e. The molecule has 17 heavy (non-hydrogen) atoms. The topological polar surface area (TPSA) is 102 Å². The summed E-state index contributed by atoms with van der Waals surface area (Å²) in [6.07, 6.45) is 2.95. The maximum absolute atomic E-state index is 10.5.